The molecule has 0 unspecified atom stereocenters. The van der Waals surface area contributed by atoms with Crippen molar-refractivity contribution in [1.29, 1.82) is 0 Å². The Morgan fingerprint density at radius 2 is 1.85 bits per heavy atom. The Morgan fingerprint density at radius 3 is 2.54 bits per heavy atom. The zero-order valence-electron chi connectivity index (χ0n) is 14.7. The van der Waals surface area contributed by atoms with Crippen molar-refractivity contribution >= 4 is 5.91 Å². The van der Waals surface area contributed by atoms with Crippen LogP contribution in [0.25, 0.3) is 11.3 Å². The summed E-state index contributed by atoms with van der Waals surface area (Å²) in [6, 6.07) is 13.2. The van der Waals surface area contributed by atoms with Crippen molar-refractivity contribution in [3.63, 3.8) is 0 Å². The van der Waals surface area contributed by atoms with Gasteiger partial charge in [-0.2, -0.15) is 0 Å². The van der Waals surface area contributed by atoms with Crippen LogP contribution in [-0.4, -0.2) is 17.9 Å². The van der Waals surface area contributed by atoms with Gasteiger partial charge in [-0.3, -0.25) is 4.79 Å². The van der Waals surface area contributed by atoms with Crippen LogP contribution >= 0.6 is 0 Å². The first-order valence-electron chi connectivity index (χ1n) is 8.71. The van der Waals surface area contributed by atoms with Crippen LogP contribution in [0.2, 0.25) is 0 Å². The van der Waals surface area contributed by atoms with Gasteiger partial charge in [0.05, 0.1) is 6.54 Å². The van der Waals surface area contributed by atoms with Crippen LogP contribution in [0.3, 0.4) is 0 Å². The molecule has 2 atom stereocenters. The van der Waals surface area contributed by atoms with E-state index in [1.54, 1.807) is 36.2 Å². The molecule has 0 saturated heterocycles. The molecule has 0 radical (unpaired) electrons. The maximum atomic E-state index is 13.0. The van der Waals surface area contributed by atoms with Crippen LogP contribution in [0.5, 0.6) is 0 Å². The maximum absolute atomic E-state index is 13.0. The molecule has 134 valence electrons. The first-order chi connectivity index (χ1) is 12.5. The lowest BCUT2D eigenvalue weighted by Gasteiger charge is -2.14. The Kier molecular flexibility index (Phi) is 4.15. The summed E-state index contributed by atoms with van der Waals surface area (Å²) >= 11 is 0. The Bertz CT molecular complexity index is 925. The molecule has 2 aromatic heterocycles. The number of carbonyl (C=O) groups is 1. The van der Waals surface area contributed by atoms with Gasteiger partial charge in [-0.1, -0.05) is 6.92 Å². The van der Waals surface area contributed by atoms with Crippen molar-refractivity contribution in [1.82, 2.24) is 4.90 Å². The minimum Gasteiger partial charge on any atom is -0.464 e. The molecule has 1 aliphatic carbocycles. The highest BCUT2D eigenvalue weighted by Crippen LogP contribution is 2.47. The predicted octanol–water partition coefficient (Wildman–Crippen LogP) is 5.07. The molecule has 1 aromatic carbocycles. The molecule has 0 aliphatic heterocycles. The summed E-state index contributed by atoms with van der Waals surface area (Å²) in [6.07, 6.45) is 1.17. The molecule has 0 spiro atoms. The van der Waals surface area contributed by atoms with Crippen molar-refractivity contribution in [3.8, 4) is 11.3 Å². The topological polar surface area (TPSA) is 46.6 Å². The number of nitrogens with zero attached hydrogens (tertiary/aromatic N) is 1. The second kappa shape index (κ2) is 6.48. The summed E-state index contributed by atoms with van der Waals surface area (Å²) in [6.45, 7) is 2.59. The van der Waals surface area contributed by atoms with E-state index in [-0.39, 0.29) is 17.5 Å². The van der Waals surface area contributed by atoms with Crippen molar-refractivity contribution in [3.05, 3.63) is 71.6 Å². The van der Waals surface area contributed by atoms with Gasteiger partial charge in [0.1, 0.15) is 23.1 Å². The van der Waals surface area contributed by atoms with Gasteiger partial charge < -0.3 is 13.7 Å². The fourth-order valence-electron chi connectivity index (χ4n) is 3.11. The largest absolute Gasteiger partial charge is 0.464 e. The molecule has 1 aliphatic rings. The highest BCUT2D eigenvalue weighted by molar-refractivity contribution is 5.91. The maximum Gasteiger partial charge on any atom is 0.289 e. The lowest BCUT2D eigenvalue weighted by molar-refractivity contribution is 0.0744. The predicted molar refractivity (Wildman–Crippen MR) is 95.1 cm³/mol. The molecule has 4 nitrogen and oxygen atoms in total. The van der Waals surface area contributed by atoms with Crippen molar-refractivity contribution in [2.75, 3.05) is 7.05 Å². The molecule has 1 saturated carbocycles. The molecule has 5 heteroatoms. The van der Waals surface area contributed by atoms with E-state index in [0.717, 1.165) is 17.1 Å². The van der Waals surface area contributed by atoms with E-state index in [1.165, 1.54) is 18.6 Å². The highest BCUT2D eigenvalue weighted by atomic mass is 19.1. The van der Waals surface area contributed by atoms with Gasteiger partial charge in [0.2, 0.25) is 0 Å². The third-order valence-corrected chi connectivity index (χ3v) is 4.84. The standard InChI is InChI=1S/C21H20FNO3/c1-13-11-17(13)19-8-7-16(25-19)12-23(2)21(24)20-10-9-18(26-20)14-3-5-15(22)6-4-14/h3-10,13,17H,11-12H2,1-2H3/t13-,17-/m1/s1. The Labute approximate surface area is 151 Å². The third kappa shape index (κ3) is 3.29. The number of benzene rings is 1. The highest BCUT2D eigenvalue weighted by Gasteiger charge is 2.36. The van der Waals surface area contributed by atoms with E-state index in [0.29, 0.717) is 24.1 Å². The fraction of sp³-hybridized carbons (Fsp3) is 0.286. The summed E-state index contributed by atoms with van der Waals surface area (Å²) in [5.41, 5.74) is 0.724. The number of furan rings is 2. The molecule has 2 heterocycles. The molecule has 1 fully saturated rings. The number of rotatable bonds is 5. The van der Waals surface area contributed by atoms with Crippen molar-refractivity contribution < 1.29 is 18.0 Å². The first-order valence-corrected chi connectivity index (χ1v) is 8.71. The van der Waals surface area contributed by atoms with Gasteiger partial charge in [-0.05, 0) is 60.9 Å². The van der Waals surface area contributed by atoms with Crippen molar-refractivity contribution in [2.45, 2.75) is 25.8 Å². The molecule has 1 amide bonds. The average Bonchev–Trinajstić information content (AvgIpc) is 3.05. The lowest BCUT2D eigenvalue weighted by Crippen LogP contribution is -2.25. The number of amides is 1. The SMILES string of the molecule is C[C@@H]1C[C@H]1c1ccc(CN(C)C(=O)c2ccc(-c3ccc(F)cc3)o2)o1. The van der Waals surface area contributed by atoms with Crippen LogP contribution < -0.4 is 0 Å². The van der Waals surface area contributed by atoms with Crippen LogP contribution in [0.1, 0.15) is 41.3 Å². The minimum absolute atomic E-state index is 0.226. The smallest absolute Gasteiger partial charge is 0.289 e. The number of carbonyl (C=O) groups excluding carboxylic acids is 1. The fourth-order valence-corrected chi connectivity index (χ4v) is 3.11. The Hall–Kier alpha value is -2.82. The lowest BCUT2D eigenvalue weighted by atomic mass is 10.2. The van der Waals surface area contributed by atoms with Crippen molar-refractivity contribution in [2.24, 2.45) is 5.92 Å². The number of hydrogen-bond donors (Lipinski definition) is 0. The van der Waals surface area contributed by atoms with Gasteiger partial charge in [-0.25, -0.2) is 4.39 Å². The molecule has 0 bridgehead atoms. The molecule has 3 aromatic rings. The van der Waals surface area contributed by atoms with Crippen LogP contribution in [0.15, 0.2) is 57.4 Å². The zero-order valence-corrected chi connectivity index (χ0v) is 14.7. The van der Waals surface area contributed by atoms with E-state index in [9.17, 15) is 9.18 Å². The van der Waals surface area contributed by atoms with Gasteiger partial charge in [-0.15, -0.1) is 0 Å². The summed E-state index contributed by atoms with van der Waals surface area (Å²) in [5, 5.41) is 0. The van der Waals surface area contributed by atoms with Crippen LogP contribution in [-0.2, 0) is 6.54 Å². The Morgan fingerprint density at radius 1 is 1.12 bits per heavy atom. The second-order valence-corrected chi connectivity index (χ2v) is 6.96. The zero-order chi connectivity index (χ0) is 18.3. The van der Waals surface area contributed by atoms with Gasteiger partial charge >= 0.3 is 0 Å². The van der Waals surface area contributed by atoms with Gasteiger partial charge in [0.25, 0.3) is 5.91 Å². The molecule has 0 N–H and O–H groups in total. The van der Waals surface area contributed by atoms with Gasteiger partial charge in [0.15, 0.2) is 5.76 Å². The summed E-state index contributed by atoms with van der Waals surface area (Å²) in [4.78, 5) is 14.1. The van der Waals surface area contributed by atoms with Crippen LogP contribution in [0, 0.1) is 11.7 Å². The quantitative estimate of drug-likeness (QED) is 0.643. The summed E-state index contributed by atoms with van der Waals surface area (Å²) in [5.74, 6) is 3.21. The monoisotopic (exact) mass is 353 g/mol. The van der Waals surface area contributed by atoms with E-state index in [4.69, 9.17) is 8.83 Å². The van der Waals surface area contributed by atoms with Gasteiger partial charge in [0, 0.05) is 18.5 Å². The summed E-state index contributed by atoms with van der Waals surface area (Å²) < 4.78 is 24.5. The van der Waals surface area contributed by atoms with E-state index >= 15 is 0 Å². The molecular formula is C21H20FNO3. The third-order valence-electron chi connectivity index (χ3n) is 4.84. The Balaban J connectivity index is 1.43. The average molecular weight is 353 g/mol. The summed E-state index contributed by atoms with van der Waals surface area (Å²) in [7, 11) is 1.71. The normalized spacial score (nSPS) is 18.7. The van der Waals surface area contributed by atoms with Crippen LogP contribution in [0.4, 0.5) is 4.39 Å². The van der Waals surface area contributed by atoms with E-state index in [2.05, 4.69) is 6.92 Å². The first kappa shape index (κ1) is 16.6. The van der Waals surface area contributed by atoms with E-state index in [1.807, 2.05) is 12.1 Å². The second-order valence-electron chi connectivity index (χ2n) is 6.96. The minimum atomic E-state index is -0.310. The molecule has 26 heavy (non-hydrogen) atoms. The molecular weight excluding hydrogens is 333 g/mol. The van der Waals surface area contributed by atoms with E-state index < -0.39 is 0 Å². The number of halogens is 1. The molecule has 4 rings (SSSR count). The number of hydrogen-bond acceptors (Lipinski definition) is 3.